The molecule has 2 radical (unpaired) electrons. The quantitative estimate of drug-likeness (QED) is 0.340. The predicted octanol–water partition coefficient (Wildman–Crippen LogP) is 0.681. The summed E-state index contributed by atoms with van der Waals surface area (Å²) < 4.78 is 0. The maximum absolute atomic E-state index is 10.8. The minimum atomic E-state index is -1.46. The first-order valence-electron chi connectivity index (χ1n) is 4.01. The van der Waals surface area contributed by atoms with Crippen LogP contribution in [0.25, 0.3) is 6.08 Å². The van der Waals surface area contributed by atoms with Gasteiger partial charge in [-0.15, -0.1) is 0 Å². The first-order chi connectivity index (χ1) is 7.15. The van der Waals surface area contributed by atoms with E-state index < -0.39 is 17.5 Å². The highest BCUT2D eigenvalue weighted by Crippen LogP contribution is 2.07. The summed E-state index contributed by atoms with van der Waals surface area (Å²) in [7, 11) is 0. The predicted molar refractivity (Wildman–Crippen MR) is 50.3 cm³/mol. The third-order valence-electron chi connectivity index (χ3n) is 1.64. The van der Waals surface area contributed by atoms with Crippen LogP contribution in [0.1, 0.15) is 5.56 Å². The Hall–Kier alpha value is -2.14. The zero-order valence-corrected chi connectivity index (χ0v) is 7.58. The highest BCUT2D eigenvalue weighted by Gasteiger charge is 2.18. The van der Waals surface area contributed by atoms with Crippen molar-refractivity contribution in [2.75, 3.05) is 0 Å². The standard InChI is InChI=1S/C10H7NO4/c11-15-10(14)8(9(12)13)6-7-4-2-1-3-5-7/h1-6H,(H,12,13). The van der Waals surface area contributed by atoms with E-state index in [1.807, 2.05) is 0 Å². The summed E-state index contributed by atoms with van der Waals surface area (Å²) in [6, 6.07) is 8.37. The Morgan fingerprint density at radius 2 is 1.87 bits per heavy atom. The average molecular weight is 205 g/mol. The van der Waals surface area contributed by atoms with E-state index in [9.17, 15) is 9.59 Å². The molecule has 1 aromatic rings. The van der Waals surface area contributed by atoms with Crippen molar-refractivity contribution >= 4 is 18.0 Å². The van der Waals surface area contributed by atoms with E-state index in [4.69, 9.17) is 11.0 Å². The molecule has 15 heavy (non-hydrogen) atoms. The van der Waals surface area contributed by atoms with Gasteiger partial charge in [0, 0.05) is 0 Å². The van der Waals surface area contributed by atoms with E-state index in [0.717, 1.165) is 6.08 Å². The van der Waals surface area contributed by atoms with Crippen LogP contribution in [0.2, 0.25) is 0 Å². The minimum absolute atomic E-state index is 0.528. The van der Waals surface area contributed by atoms with Crippen molar-refractivity contribution in [1.82, 2.24) is 5.90 Å². The third kappa shape index (κ3) is 2.92. The molecule has 0 spiro atoms. The van der Waals surface area contributed by atoms with Gasteiger partial charge in [-0.3, -0.25) is 0 Å². The summed E-state index contributed by atoms with van der Waals surface area (Å²) in [5.74, 6) is 5.32. The highest BCUT2D eigenvalue weighted by atomic mass is 16.7. The van der Waals surface area contributed by atoms with Crippen LogP contribution in [0, 0.1) is 0 Å². The molecule has 0 amide bonds. The number of nitrogens with zero attached hydrogens (tertiary/aromatic N) is 1. The molecule has 0 fully saturated rings. The zero-order valence-electron chi connectivity index (χ0n) is 7.58. The fourth-order valence-electron chi connectivity index (χ4n) is 0.973. The van der Waals surface area contributed by atoms with Crippen molar-refractivity contribution in [2.45, 2.75) is 0 Å². The van der Waals surface area contributed by atoms with Gasteiger partial charge in [0.1, 0.15) is 11.5 Å². The SMILES string of the molecule is [N]OC(=O)C(=Cc1ccccc1)C(=O)O. The zero-order chi connectivity index (χ0) is 11.3. The van der Waals surface area contributed by atoms with Gasteiger partial charge >= 0.3 is 11.9 Å². The Morgan fingerprint density at radius 3 is 2.33 bits per heavy atom. The topological polar surface area (TPSA) is 85.9 Å². The van der Waals surface area contributed by atoms with Gasteiger partial charge in [0.15, 0.2) is 0 Å². The second-order valence-electron chi connectivity index (χ2n) is 2.65. The molecule has 1 aromatic carbocycles. The Bertz CT molecular complexity index is 397. The molecule has 0 aliphatic carbocycles. The van der Waals surface area contributed by atoms with Crippen LogP contribution in [0.5, 0.6) is 0 Å². The lowest BCUT2D eigenvalue weighted by atomic mass is 10.1. The van der Waals surface area contributed by atoms with Gasteiger partial charge in [0.25, 0.3) is 0 Å². The van der Waals surface area contributed by atoms with Gasteiger partial charge in [-0.25, -0.2) is 9.59 Å². The van der Waals surface area contributed by atoms with Gasteiger partial charge in [-0.2, -0.15) is 0 Å². The van der Waals surface area contributed by atoms with Crippen molar-refractivity contribution in [3.05, 3.63) is 41.5 Å². The smallest absolute Gasteiger partial charge is 0.367 e. The fraction of sp³-hybridized carbons (Fsp3) is 0. The minimum Gasteiger partial charge on any atom is -0.477 e. The molecule has 0 unspecified atom stereocenters. The van der Waals surface area contributed by atoms with Gasteiger partial charge < -0.3 is 9.94 Å². The lowest BCUT2D eigenvalue weighted by Gasteiger charge is -1.97. The van der Waals surface area contributed by atoms with Crippen molar-refractivity contribution in [2.24, 2.45) is 0 Å². The van der Waals surface area contributed by atoms with Crippen molar-refractivity contribution in [3.63, 3.8) is 0 Å². The molecule has 1 N–H and O–H groups in total. The second-order valence-corrected chi connectivity index (χ2v) is 2.65. The van der Waals surface area contributed by atoms with Crippen molar-refractivity contribution in [1.29, 1.82) is 0 Å². The summed E-state index contributed by atoms with van der Waals surface area (Å²) in [5, 5.41) is 8.66. The molecular weight excluding hydrogens is 198 g/mol. The number of hydrogen-bond acceptors (Lipinski definition) is 3. The Kier molecular flexibility index (Phi) is 3.59. The average Bonchev–Trinajstić information content (AvgIpc) is 2.26. The molecule has 0 aliphatic heterocycles. The largest absolute Gasteiger partial charge is 0.477 e. The van der Waals surface area contributed by atoms with E-state index in [2.05, 4.69) is 4.84 Å². The number of carboxylic acid groups (broad SMARTS) is 1. The lowest BCUT2D eigenvalue weighted by Crippen LogP contribution is -2.14. The number of carboxylic acids is 1. The first-order valence-corrected chi connectivity index (χ1v) is 4.01. The Labute approximate surface area is 85.7 Å². The number of benzene rings is 1. The molecular formula is C10H7NO4. The van der Waals surface area contributed by atoms with Crippen molar-refractivity contribution < 1.29 is 19.5 Å². The van der Waals surface area contributed by atoms with E-state index in [1.54, 1.807) is 30.3 Å². The number of hydrogen-bond donors (Lipinski definition) is 1. The van der Waals surface area contributed by atoms with Crippen LogP contribution >= 0.6 is 0 Å². The van der Waals surface area contributed by atoms with E-state index in [1.165, 1.54) is 0 Å². The summed E-state index contributed by atoms with van der Waals surface area (Å²) in [6.45, 7) is 0. The van der Waals surface area contributed by atoms with Gasteiger partial charge in [-0.1, -0.05) is 30.3 Å². The molecule has 76 valence electrons. The van der Waals surface area contributed by atoms with Gasteiger partial charge in [0.2, 0.25) is 0 Å². The number of carbonyl (C=O) groups is 2. The first kappa shape index (κ1) is 10.9. The Balaban J connectivity index is 3.05. The Morgan fingerprint density at radius 1 is 1.27 bits per heavy atom. The van der Waals surface area contributed by atoms with Crippen LogP contribution in [0.3, 0.4) is 0 Å². The number of aliphatic carboxylic acids is 1. The van der Waals surface area contributed by atoms with Crippen LogP contribution in [-0.2, 0) is 14.4 Å². The van der Waals surface area contributed by atoms with Gasteiger partial charge in [-0.05, 0) is 11.6 Å². The number of rotatable bonds is 3. The summed E-state index contributed by atoms with van der Waals surface area (Å²) >= 11 is 0. The molecule has 0 saturated carbocycles. The highest BCUT2D eigenvalue weighted by molar-refractivity contribution is 6.16. The molecule has 5 heteroatoms. The molecule has 0 aliphatic rings. The maximum atomic E-state index is 10.8. The van der Waals surface area contributed by atoms with E-state index in [0.29, 0.717) is 5.56 Å². The van der Waals surface area contributed by atoms with Gasteiger partial charge in [0.05, 0.1) is 0 Å². The molecule has 5 nitrogen and oxygen atoms in total. The van der Waals surface area contributed by atoms with Crippen LogP contribution in [0.4, 0.5) is 0 Å². The summed E-state index contributed by atoms with van der Waals surface area (Å²) in [5.41, 5.74) is -0.107. The lowest BCUT2D eigenvalue weighted by molar-refractivity contribution is -0.145. The normalized spacial score (nSPS) is 10.9. The third-order valence-corrected chi connectivity index (χ3v) is 1.64. The molecule has 0 saturated heterocycles. The molecule has 0 bridgehead atoms. The van der Waals surface area contributed by atoms with Crippen molar-refractivity contribution in [3.8, 4) is 0 Å². The molecule has 0 atom stereocenters. The van der Waals surface area contributed by atoms with Crippen LogP contribution < -0.4 is 5.90 Å². The maximum Gasteiger partial charge on any atom is 0.367 e. The number of carbonyl (C=O) groups excluding carboxylic acids is 1. The summed E-state index contributed by atoms with van der Waals surface area (Å²) in [4.78, 5) is 24.8. The summed E-state index contributed by atoms with van der Waals surface area (Å²) in [6.07, 6.45) is 1.11. The molecule has 1 rings (SSSR count). The van der Waals surface area contributed by atoms with Crippen LogP contribution in [0.15, 0.2) is 35.9 Å². The van der Waals surface area contributed by atoms with E-state index >= 15 is 0 Å². The molecule has 0 heterocycles. The monoisotopic (exact) mass is 205 g/mol. The van der Waals surface area contributed by atoms with E-state index in [-0.39, 0.29) is 0 Å². The molecule has 0 aromatic heterocycles. The van der Waals surface area contributed by atoms with Crippen LogP contribution in [-0.4, -0.2) is 17.0 Å². The second kappa shape index (κ2) is 4.92. The fourth-order valence-corrected chi connectivity index (χ4v) is 0.973.